The highest BCUT2D eigenvalue weighted by atomic mass is 35.5. The van der Waals surface area contributed by atoms with Crippen molar-refractivity contribution in [2.45, 2.75) is 57.7 Å². The monoisotopic (exact) mass is 314 g/mol. The number of halogens is 2. The number of aliphatic hydroxyl groups excluding tert-OH is 1. The quantitative estimate of drug-likeness (QED) is 0.894. The summed E-state index contributed by atoms with van der Waals surface area (Å²) in [7, 11) is 1.66. The van der Waals surface area contributed by atoms with Crippen LogP contribution in [0.3, 0.4) is 0 Å². The molecule has 0 aliphatic heterocycles. The lowest BCUT2D eigenvalue weighted by Crippen LogP contribution is -2.49. The molecule has 1 unspecified atom stereocenters. The highest BCUT2D eigenvalue weighted by Gasteiger charge is 2.43. The van der Waals surface area contributed by atoms with Crippen molar-refractivity contribution in [1.82, 2.24) is 0 Å². The number of aliphatic hydroxyl groups is 1. The molecular formula is C17H24ClFO2. The van der Waals surface area contributed by atoms with Crippen LogP contribution in [-0.2, 0) is 11.2 Å². The Labute approximate surface area is 131 Å². The molecule has 0 bridgehead atoms. The maximum Gasteiger partial charge on any atom is 0.124 e. The van der Waals surface area contributed by atoms with Crippen molar-refractivity contribution in [3.63, 3.8) is 0 Å². The summed E-state index contributed by atoms with van der Waals surface area (Å²) in [6.45, 7) is 4.49. The molecule has 1 N–H and O–H groups in total. The van der Waals surface area contributed by atoms with E-state index in [2.05, 4.69) is 13.8 Å². The zero-order chi connectivity index (χ0) is 15.7. The zero-order valence-corrected chi connectivity index (χ0v) is 13.7. The van der Waals surface area contributed by atoms with Crippen molar-refractivity contribution in [1.29, 1.82) is 0 Å². The third-order valence-electron chi connectivity index (χ3n) is 4.89. The lowest BCUT2D eigenvalue weighted by Gasteiger charge is -2.45. The number of hydrogen-bond acceptors (Lipinski definition) is 2. The van der Waals surface area contributed by atoms with E-state index in [0.717, 1.165) is 31.2 Å². The van der Waals surface area contributed by atoms with Crippen LogP contribution in [0.4, 0.5) is 4.39 Å². The van der Waals surface area contributed by atoms with Gasteiger partial charge in [0.25, 0.3) is 0 Å². The first-order valence-corrected chi connectivity index (χ1v) is 7.83. The maximum absolute atomic E-state index is 13.1. The van der Waals surface area contributed by atoms with Gasteiger partial charge in [-0.3, -0.25) is 0 Å². The largest absolute Gasteiger partial charge is 0.390 e. The summed E-state index contributed by atoms with van der Waals surface area (Å²) in [6.07, 6.45) is 3.45. The summed E-state index contributed by atoms with van der Waals surface area (Å²) in [6, 6.07) is 4.29. The number of methoxy groups -OCH3 is 1. The van der Waals surface area contributed by atoms with E-state index in [1.54, 1.807) is 13.2 Å². The fourth-order valence-corrected chi connectivity index (χ4v) is 3.35. The van der Waals surface area contributed by atoms with Gasteiger partial charge in [-0.05, 0) is 48.8 Å². The standard InChI is InChI=1S/C17H24ClFO2/c1-16(2)6-8-17(21-3,9-7-16)15(20)10-12-4-5-13(19)11-14(12)18/h4-5,11,15,20H,6-10H2,1-3H3. The third kappa shape index (κ3) is 3.77. The van der Waals surface area contributed by atoms with Crippen LogP contribution in [0.1, 0.15) is 45.1 Å². The summed E-state index contributed by atoms with van der Waals surface area (Å²) in [5, 5.41) is 11.0. The first-order chi connectivity index (χ1) is 9.78. The summed E-state index contributed by atoms with van der Waals surface area (Å²) in [5.74, 6) is -0.362. The van der Waals surface area contributed by atoms with E-state index in [1.165, 1.54) is 12.1 Å². The van der Waals surface area contributed by atoms with Gasteiger partial charge in [-0.15, -0.1) is 0 Å². The van der Waals surface area contributed by atoms with Crippen LogP contribution in [0.15, 0.2) is 18.2 Å². The van der Waals surface area contributed by atoms with Crippen LogP contribution >= 0.6 is 11.6 Å². The van der Waals surface area contributed by atoms with Gasteiger partial charge >= 0.3 is 0 Å². The van der Waals surface area contributed by atoms with E-state index in [-0.39, 0.29) is 5.82 Å². The molecule has 1 aliphatic carbocycles. The van der Waals surface area contributed by atoms with Crippen LogP contribution in [0.2, 0.25) is 5.02 Å². The lowest BCUT2D eigenvalue weighted by molar-refractivity contribution is -0.135. The highest BCUT2D eigenvalue weighted by molar-refractivity contribution is 6.31. The molecule has 21 heavy (non-hydrogen) atoms. The van der Waals surface area contributed by atoms with E-state index < -0.39 is 11.7 Å². The predicted molar refractivity (Wildman–Crippen MR) is 83.1 cm³/mol. The molecule has 0 radical (unpaired) electrons. The first kappa shape index (κ1) is 16.7. The van der Waals surface area contributed by atoms with Crippen molar-refractivity contribution < 1.29 is 14.2 Å². The molecule has 2 nitrogen and oxygen atoms in total. The Bertz CT molecular complexity index is 492. The SMILES string of the molecule is COC1(C(O)Cc2ccc(F)cc2Cl)CCC(C)(C)CC1. The van der Waals surface area contributed by atoms with Crippen LogP contribution in [0.5, 0.6) is 0 Å². The average Bonchev–Trinajstić information content (AvgIpc) is 2.42. The van der Waals surface area contributed by atoms with Gasteiger partial charge in [0, 0.05) is 18.6 Å². The summed E-state index contributed by atoms with van der Waals surface area (Å²) in [5.41, 5.74) is 0.537. The van der Waals surface area contributed by atoms with E-state index in [9.17, 15) is 9.50 Å². The Morgan fingerprint density at radius 1 is 1.29 bits per heavy atom. The lowest BCUT2D eigenvalue weighted by atomic mass is 9.68. The Morgan fingerprint density at radius 3 is 2.43 bits per heavy atom. The van der Waals surface area contributed by atoms with Gasteiger partial charge in [0.1, 0.15) is 5.82 Å². The second kappa shape index (κ2) is 6.23. The summed E-state index contributed by atoms with van der Waals surface area (Å²) < 4.78 is 18.8. The minimum absolute atomic E-state index is 0.301. The Morgan fingerprint density at radius 2 is 1.90 bits per heavy atom. The molecule has 1 aliphatic rings. The second-order valence-electron chi connectivity index (χ2n) is 6.89. The van der Waals surface area contributed by atoms with E-state index in [0.29, 0.717) is 16.9 Å². The third-order valence-corrected chi connectivity index (χ3v) is 5.24. The molecule has 118 valence electrons. The minimum atomic E-state index is -0.637. The molecule has 0 spiro atoms. The molecule has 1 aromatic rings. The molecule has 1 atom stereocenters. The number of ether oxygens (including phenoxy) is 1. The second-order valence-corrected chi connectivity index (χ2v) is 7.30. The Balaban J connectivity index is 2.12. The summed E-state index contributed by atoms with van der Waals surface area (Å²) >= 11 is 6.05. The Kier molecular flexibility index (Phi) is 4.96. The average molecular weight is 315 g/mol. The molecule has 0 heterocycles. The molecule has 1 fully saturated rings. The summed E-state index contributed by atoms with van der Waals surface area (Å²) in [4.78, 5) is 0. The molecule has 4 heteroatoms. The van der Waals surface area contributed by atoms with Gasteiger partial charge in [-0.25, -0.2) is 4.39 Å². The van der Waals surface area contributed by atoms with Crippen LogP contribution < -0.4 is 0 Å². The fourth-order valence-electron chi connectivity index (χ4n) is 3.10. The molecule has 1 aromatic carbocycles. The van der Waals surface area contributed by atoms with Gasteiger partial charge in [0.2, 0.25) is 0 Å². The number of benzene rings is 1. The Hall–Kier alpha value is -0.640. The van der Waals surface area contributed by atoms with Crippen LogP contribution in [0.25, 0.3) is 0 Å². The first-order valence-electron chi connectivity index (χ1n) is 7.45. The van der Waals surface area contributed by atoms with Crippen LogP contribution in [0, 0.1) is 11.2 Å². The molecule has 1 saturated carbocycles. The van der Waals surface area contributed by atoms with Gasteiger partial charge in [0.15, 0.2) is 0 Å². The van der Waals surface area contributed by atoms with E-state index >= 15 is 0 Å². The minimum Gasteiger partial charge on any atom is -0.390 e. The van der Waals surface area contributed by atoms with Crippen molar-refractivity contribution in [3.05, 3.63) is 34.6 Å². The molecule has 0 saturated heterocycles. The van der Waals surface area contributed by atoms with Crippen LogP contribution in [-0.4, -0.2) is 23.9 Å². The van der Waals surface area contributed by atoms with Crippen molar-refractivity contribution in [2.75, 3.05) is 7.11 Å². The molecule has 0 amide bonds. The van der Waals surface area contributed by atoms with Crippen molar-refractivity contribution in [2.24, 2.45) is 5.41 Å². The highest BCUT2D eigenvalue weighted by Crippen LogP contribution is 2.44. The molecular weight excluding hydrogens is 291 g/mol. The van der Waals surface area contributed by atoms with Gasteiger partial charge in [-0.1, -0.05) is 31.5 Å². The van der Waals surface area contributed by atoms with Crippen molar-refractivity contribution >= 4 is 11.6 Å². The topological polar surface area (TPSA) is 29.5 Å². The normalized spacial score (nSPS) is 22.0. The van der Waals surface area contributed by atoms with Gasteiger partial charge < -0.3 is 9.84 Å². The fraction of sp³-hybridized carbons (Fsp3) is 0.647. The maximum atomic E-state index is 13.1. The predicted octanol–water partition coefficient (Wildman–Crippen LogP) is 4.37. The van der Waals surface area contributed by atoms with Crippen molar-refractivity contribution in [3.8, 4) is 0 Å². The van der Waals surface area contributed by atoms with E-state index in [1.807, 2.05) is 0 Å². The smallest absolute Gasteiger partial charge is 0.124 e. The van der Waals surface area contributed by atoms with Gasteiger partial charge in [-0.2, -0.15) is 0 Å². The number of hydrogen-bond donors (Lipinski definition) is 1. The molecule has 2 rings (SSSR count). The van der Waals surface area contributed by atoms with E-state index in [4.69, 9.17) is 16.3 Å². The zero-order valence-electron chi connectivity index (χ0n) is 13.0. The molecule has 0 aromatic heterocycles. The number of rotatable bonds is 4. The van der Waals surface area contributed by atoms with Gasteiger partial charge in [0.05, 0.1) is 11.7 Å².